The summed E-state index contributed by atoms with van der Waals surface area (Å²) >= 11 is 1.37. The van der Waals surface area contributed by atoms with Gasteiger partial charge < -0.3 is 24.4 Å². The number of fused-ring (bicyclic) bond motifs is 1. The van der Waals surface area contributed by atoms with Crippen molar-refractivity contribution in [2.24, 2.45) is 4.99 Å². The minimum absolute atomic E-state index is 0.00141. The Labute approximate surface area is 241 Å². The largest absolute Gasteiger partial charge is 0.493 e. The lowest BCUT2D eigenvalue weighted by atomic mass is 9.93. The van der Waals surface area contributed by atoms with Gasteiger partial charge in [0, 0.05) is 11.4 Å². The molecule has 3 aromatic rings. The van der Waals surface area contributed by atoms with Gasteiger partial charge in [-0.2, -0.15) is 0 Å². The van der Waals surface area contributed by atoms with E-state index in [9.17, 15) is 14.0 Å². The van der Waals surface area contributed by atoms with Gasteiger partial charge in [-0.3, -0.25) is 4.79 Å². The summed E-state index contributed by atoms with van der Waals surface area (Å²) in [6.07, 6.45) is -0.00141. The SMILES string of the molecule is COc1ccc([C@@H]2C(C(=O)OCc3ccccc3)=C(C)N=C3SC=C(CC(=O)Nc4ccc(F)cc4)N32)cc1OC. The van der Waals surface area contributed by atoms with Crippen LogP contribution in [0.25, 0.3) is 0 Å². The second-order valence-corrected chi connectivity index (χ2v) is 10.1. The van der Waals surface area contributed by atoms with Crippen LogP contribution in [0, 0.1) is 5.82 Å². The quantitative estimate of drug-likeness (QED) is 0.305. The van der Waals surface area contributed by atoms with Gasteiger partial charge in [-0.1, -0.05) is 48.2 Å². The van der Waals surface area contributed by atoms with E-state index in [-0.39, 0.29) is 18.9 Å². The van der Waals surface area contributed by atoms with E-state index in [0.717, 1.165) is 11.1 Å². The smallest absolute Gasteiger partial charge is 0.338 e. The van der Waals surface area contributed by atoms with Gasteiger partial charge in [0.15, 0.2) is 16.7 Å². The molecule has 0 bridgehead atoms. The van der Waals surface area contributed by atoms with E-state index in [0.29, 0.717) is 39.3 Å². The van der Waals surface area contributed by atoms with Crippen LogP contribution in [0.3, 0.4) is 0 Å². The maximum Gasteiger partial charge on any atom is 0.338 e. The Balaban J connectivity index is 1.48. The number of nitrogens with zero attached hydrogens (tertiary/aromatic N) is 2. The van der Waals surface area contributed by atoms with Gasteiger partial charge in [-0.05, 0) is 59.9 Å². The minimum Gasteiger partial charge on any atom is -0.493 e. The molecule has 3 aromatic carbocycles. The lowest BCUT2D eigenvalue weighted by Crippen LogP contribution is -2.37. The van der Waals surface area contributed by atoms with E-state index in [1.165, 1.54) is 36.0 Å². The number of hydrogen-bond donors (Lipinski definition) is 1. The Morgan fingerprint density at radius 3 is 2.44 bits per heavy atom. The second kappa shape index (κ2) is 12.3. The van der Waals surface area contributed by atoms with Gasteiger partial charge in [-0.15, -0.1) is 0 Å². The first-order chi connectivity index (χ1) is 19.9. The van der Waals surface area contributed by atoms with Gasteiger partial charge in [0.25, 0.3) is 0 Å². The van der Waals surface area contributed by atoms with Gasteiger partial charge in [0.05, 0.1) is 38.0 Å². The standard InChI is InChI=1S/C31H28FN3O5S/c1-19-28(30(37)40-17-20-7-5-4-6-8-20)29(21-9-14-25(38-2)26(15-21)39-3)35-24(18-41-31(35)33-19)16-27(36)34-23-12-10-22(32)11-13-23/h4-15,18,29H,16-17H2,1-3H3,(H,34,36)/t29-/m1/s1. The number of anilines is 1. The van der Waals surface area contributed by atoms with Crippen molar-refractivity contribution >= 4 is 34.5 Å². The molecule has 1 N–H and O–H groups in total. The number of rotatable bonds is 9. The third-order valence-corrected chi connectivity index (χ3v) is 7.52. The van der Waals surface area contributed by atoms with Crippen molar-refractivity contribution in [2.45, 2.75) is 26.0 Å². The van der Waals surface area contributed by atoms with Crippen molar-refractivity contribution in [2.75, 3.05) is 19.5 Å². The van der Waals surface area contributed by atoms with Crippen molar-refractivity contribution in [1.29, 1.82) is 0 Å². The molecule has 0 aromatic heterocycles. The molecule has 2 aliphatic heterocycles. The maximum atomic E-state index is 13.7. The number of hydrogen-bond acceptors (Lipinski definition) is 8. The Morgan fingerprint density at radius 1 is 1.00 bits per heavy atom. The Morgan fingerprint density at radius 2 is 1.73 bits per heavy atom. The number of esters is 1. The van der Waals surface area contributed by atoms with Crippen molar-refractivity contribution < 1.29 is 28.2 Å². The van der Waals surface area contributed by atoms with Crippen molar-refractivity contribution in [1.82, 2.24) is 4.90 Å². The number of thioether (sulfide) groups is 1. The highest BCUT2D eigenvalue weighted by atomic mass is 32.2. The number of amidine groups is 1. The molecular formula is C31H28FN3O5S. The highest BCUT2D eigenvalue weighted by Gasteiger charge is 2.41. The number of nitrogens with one attached hydrogen (secondary N) is 1. The molecule has 0 fully saturated rings. The molecule has 0 saturated carbocycles. The third kappa shape index (κ3) is 6.12. The van der Waals surface area contributed by atoms with Crippen LogP contribution in [0.2, 0.25) is 0 Å². The molecule has 5 rings (SSSR count). The van der Waals surface area contributed by atoms with Crippen LogP contribution in [-0.4, -0.2) is 36.2 Å². The number of aliphatic imine (C=N–C) groups is 1. The van der Waals surface area contributed by atoms with Crippen LogP contribution in [-0.2, 0) is 20.9 Å². The third-order valence-electron chi connectivity index (χ3n) is 6.63. The fraction of sp³-hybridized carbons (Fsp3) is 0.194. The van der Waals surface area contributed by atoms with E-state index >= 15 is 0 Å². The summed E-state index contributed by atoms with van der Waals surface area (Å²) in [6, 6.07) is 19.8. The predicted molar refractivity (Wildman–Crippen MR) is 156 cm³/mol. The van der Waals surface area contributed by atoms with Crippen molar-refractivity contribution in [3.8, 4) is 11.5 Å². The summed E-state index contributed by atoms with van der Waals surface area (Å²) in [7, 11) is 3.10. The van der Waals surface area contributed by atoms with Crippen LogP contribution in [0.15, 0.2) is 100 Å². The van der Waals surface area contributed by atoms with E-state index in [1.807, 2.05) is 52.8 Å². The fourth-order valence-electron chi connectivity index (χ4n) is 4.67. The van der Waals surface area contributed by atoms with Crippen molar-refractivity contribution in [3.05, 3.63) is 112 Å². The number of methoxy groups -OCH3 is 2. The zero-order valence-electron chi connectivity index (χ0n) is 22.7. The molecule has 10 heteroatoms. The molecule has 210 valence electrons. The second-order valence-electron chi connectivity index (χ2n) is 9.30. The number of amides is 1. The molecule has 2 aliphatic rings. The first-order valence-electron chi connectivity index (χ1n) is 12.8. The molecule has 41 heavy (non-hydrogen) atoms. The van der Waals surface area contributed by atoms with Crippen LogP contribution in [0.4, 0.5) is 10.1 Å². The molecule has 0 radical (unpaired) electrons. The minimum atomic E-state index is -0.648. The number of benzene rings is 3. The zero-order valence-corrected chi connectivity index (χ0v) is 23.5. The Kier molecular flexibility index (Phi) is 8.39. The van der Waals surface area contributed by atoms with E-state index in [2.05, 4.69) is 5.32 Å². The molecule has 0 saturated heterocycles. The van der Waals surface area contributed by atoms with Crippen LogP contribution in [0.1, 0.15) is 30.5 Å². The van der Waals surface area contributed by atoms with Crippen molar-refractivity contribution in [3.63, 3.8) is 0 Å². The summed E-state index contributed by atoms with van der Waals surface area (Å²) < 4.78 is 30.1. The summed E-state index contributed by atoms with van der Waals surface area (Å²) in [4.78, 5) is 33.3. The monoisotopic (exact) mass is 573 g/mol. The molecule has 1 amide bonds. The molecule has 2 heterocycles. The average Bonchev–Trinajstić information content (AvgIpc) is 3.37. The van der Waals surface area contributed by atoms with Gasteiger partial charge in [0.1, 0.15) is 12.4 Å². The molecule has 0 unspecified atom stereocenters. The highest BCUT2D eigenvalue weighted by Crippen LogP contribution is 2.46. The summed E-state index contributed by atoms with van der Waals surface area (Å²) in [5.41, 5.74) is 3.59. The molecule has 0 aliphatic carbocycles. The first-order valence-corrected chi connectivity index (χ1v) is 13.7. The molecular weight excluding hydrogens is 545 g/mol. The van der Waals surface area contributed by atoms with Gasteiger partial charge in [0.2, 0.25) is 5.91 Å². The topological polar surface area (TPSA) is 89.5 Å². The first kappa shape index (κ1) is 28.0. The summed E-state index contributed by atoms with van der Waals surface area (Å²) in [5, 5.41) is 5.28. The molecule has 1 atom stereocenters. The molecule has 0 spiro atoms. The normalized spacial score (nSPS) is 16.0. The maximum absolute atomic E-state index is 13.7. The Hall–Kier alpha value is -4.57. The van der Waals surface area contributed by atoms with E-state index < -0.39 is 17.8 Å². The lowest BCUT2D eigenvalue weighted by Gasteiger charge is -2.36. The summed E-state index contributed by atoms with van der Waals surface area (Å²) in [5.74, 6) is -0.162. The lowest BCUT2D eigenvalue weighted by molar-refractivity contribution is -0.141. The van der Waals surface area contributed by atoms with Crippen LogP contribution < -0.4 is 14.8 Å². The van der Waals surface area contributed by atoms with Gasteiger partial charge in [-0.25, -0.2) is 14.2 Å². The predicted octanol–water partition coefficient (Wildman–Crippen LogP) is 6.19. The van der Waals surface area contributed by atoms with E-state index in [1.54, 1.807) is 27.2 Å². The number of halogens is 1. The van der Waals surface area contributed by atoms with Gasteiger partial charge >= 0.3 is 5.97 Å². The highest BCUT2D eigenvalue weighted by molar-refractivity contribution is 8.16. The van der Waals surface area contributed by atoms with Crippen LogP contribution in [0.5, 0.6) is 11.5 Å². The molecule has 8 nitrogen and oxygen atoms in total. The Bertz CT molecular complexity index is 1550. The number of carbonyl (C=O) groups is 2. The number of allylic oxidation sites excluding steroid dienone is 1. The van der Waals surface area contributed by atoms with E-state index in [4.69, 9.17) is 19.2 Å². The summed E-state index contributed by atoms with van der Waals surface area (Å²) in [6.45, 7) is 1.88. The van der Waals surface area contributed by atoms with Crippen LogP contribution >= 0.6 is 11.8 Å². The average molecular weight is 574 g/mol. The zero-order chi connectivity index (χ0) is 28.9. The fourth-order valence-corrected chi connectivity index (χ4v) is 5.64. The number of carbonyl (C=O) groups excluding carboxylic acids is 2. The number of ether oxygens (including phenoxy) is 3.